The molecule has 0 radical (unpaired) electrons. The monoisotopic (exact) mass is 680 g/mol. The van der Waals surface area contributed by atoms with Crippen molar-refractivity contribution in [1.82, 2.24) is 5.32 Å². The van der Waals surface area contributed by atoms with E-state index in [4.69, 9.17) is 10.5 Å². The number of benzene rings is 1. The Morgan fingerprint density at radius 3 is 2.00 bits per heavy atom. The highest BCUT2D eigenvalue weighted by molar-refractivity contribution is 7.91. The van der Waals surface area contributed by atoms with Crippen molar-refractivity contribution >= 4 is 27.6 Å². The van der Waals surface area contributed by atoms with E-state index in [9.17, 15) is 33.0 Å². The number of unbranched alkanes of at least 4 members (excludes halogenated alkanes) is 10. The second-order valence-corrected chi connectivity index (χ2v) is 14.8. The molecule has 47 heavy (non-hydrogen) atoms. The number of hydrogen-bond donors (Lipinski definition) is 4. The van der Waals surface area contributed by atoms with Crippen molar-refractivity contribution in [2.24, 2.45) is 11.7 Å². The highest BCUT2D eigenvalue weighted by atomic mass is 32.2. The third-order valence-electron chi connectivity index (χ3n) is 8.33. The Balaban J connectivity index is 2.83. The lowest BCUT2D eigenvalue weighted by atomic mass is 9.81. The van der Waals surface area contributed by atoms with Gasteiger partial charge in [0.1, 0.15) is 21.6 Å². The Hall–Kier alpha value is -2.92. The van der Waals surface area contributed by atoms with Gasteiger partial charge in [0.15, 0.2) is 5.60 Å². The van der Waals surface area contributed by atoms with Crippen LogP contribution in [0.25, 0.3) is 0 Å². The van der Waals surface area contributed by atoms with Crippen LogP contribution in [0.5, 0.6) is 5.75 Å². The molecule has 0 spiro atoms. The van der Waals surface area contributed by atoms with E-state index in [1.807, 2.05) is 6.92 Å². The van der Waals surface area contributed by atoms with E-state index in [0.29, 0.717) is 50.9 Å². The molecule has 11 heteroatoms. The van der Waals surface area contributed by atoms with Gasteiger partial charge in [-0.3, -0.25) is 9.59 Å². The molecule has 0 heterocycles. The fourth-order valence-electron chi connectivity index (χ4n) is 5.28. The van der Waals surface area contributed by atoms with Crippen LogP contribution in [-0.4, -0.2) is 66.2 Å². The summed E-state index contributed by atoms with van der Waals surface area (Å²) in [5, 5.41) is 23.9. The first-order valence-electron chi connectivity index (χ1n) is 17.5. The first-order chi connectivity index (χ1) is 22.4. The predicted octanol–water partition coefficient (Wildman–Crippen LogP) is 5.89. The molecule has 5 N–H and O–H groups in total. The Labute approximate surface area is 282 Å². The van der Waals surface area contributed by atoms with Crippen LogP contribution in [0.2, 0.25) is 0 Å². The average molecular weight is 681 g/mol. The van der Waals surface area contributed by atoms with E-state index in [-0.39, 0.29) is 24.3 Å². The van der Waals surface area contributed by atoms with E-state index in [1.54, 1.807) is 30.3 Å². The maximum absolute atomic E-state index is 13.5. The molecule has 0 aliphatic carbocycles. The van der Waals surface area contributed by atoms with E-state index in [1.165, 1.54) is 6.08 Å². The number of amides is 2. The third kappa shape index (κ3) is 17.2. The second kappa shape index (κ2) is 23.4. The number of carbonyl (C=O) groups is 3. The minimum absolute atomic E-state index is 0.0851. The summed E-state index contributed by atoms with van der Waals surface area (Å²) in [4.78, 5) is 38.2. The SMILES string of the molecule is CCCCCCCS(=O)(=O)CCCCCCC=C[C@H](C(=O)N[C@@H](Cc1ccc(OCCCC)cc1)C(N)=O)[C@@](O)(CCCC)C(=O)O. The van der Waals surface area contributed by atoms with Gasteiger partial charge >= 0.3 is 5.97 Å². The second-order valence-electron chi connectivity index (χ2n) is 12.5. The van der Waals surface area contributed by atoms with Gasteiger partial charge in [-0.15, -0.1) is 0 Å². The summed E-state index contributed by atoms with van der Waals surface area (Å²) < 4.78 is 30.2. The number of rotatable bonds is 28. The van der Waals surface area contributed by atoms with Crippen molar-refractivity contribution in [2.45, 2.75) is 135 Å². The Kier molecular flexibility index (Phi) is 21.0. The van der Waals surface area contributed by atoms with Gasteiger partial charge in [0, 0.05) is 6.42 Å². The van der Waals surface area contributed by atoms with E-state index in [0.717, 1.165) is 56.9 Å². The Morgan fingerprint density at radius 1 is 0.872 bits per heavy atom. The molecule has 0 aromatic heterocycles. The van der Waals surface area contributed by atoms with Gasteiger partial charge in [-0.2, -0.15) is 0 Å². The molecule has 1 aromatic carbocycles. The lowest BCUT2D eigenvalue weighted by Crippen LogP contribution is -2.55. The molecule has 0 aliphatic rings. The first kappa shape index (κ1) is 42.1. The molecule has 1 rings (SSSR count). The number of allylic oxidation sites excluding steroid dienone is 1. The molecule has 0 saturated heterocycles. The fraction of sp³-hybridized carbons (Fsp3) is 0.694. The summed E-state index contributed by atoms with van der Waals surface area (Å²) in [6.45, 7) is 6.65. The molecule has 2 amide bonds. The summed E-state index contributed by atoms with van der Waals surface area (Å²) >= 11 is 0. The highest BCUT2D eigenvalue weighted by Gasteiger charge is 2.46. The van der Waals surface area contributed by atoms with Gasteiger partial charge in [-0.25, -0.2) is 13.2 Å². The number of sulfone groups is 1. The van der Waals surface area contributed by atoms with Crippen LogP contribution in [0.15, 0.2) is 36.4 Å². The van der Waals surface area contributed by atoms with Crippen molar-refractivity contribution in [3.63, 3.8) is 0 Å². The summed E-state index contributed by atoms with van der Waals surface area (Å²) in [6, 6.07) is 5.99. The van der Waals surface area contributed by atoms with Crippen LogP contribution >= 0.6 is 0 Å². The summed E-state index contributed by atoms with van der Waals surface area (Å²) in [5.74, 6) is -3.44. The summed E-state index contributed by atoms with van der Waals surface area (Å²) in [7, 11) is -3.04. The van der Waals surface area contributed by atoms with Crippen LogP contribution in [0.1, 0.15) is 123 Å². The zero-order chi connectivity index (χ0) is 35.1. The Morgan fingerprint density at radius 2 is 1.45 bits per heavy atom. The first-order valence-corrected chi connectivity index (χ1v) is 19.4. The number of nitrogens with two attached hydrogens (primary N) is 1. The zero-order valence-electron chi connectivity index (χ0n) is 28.9. The largest absolute Gasteiger partial charge is 0.494 e. The normalized spacial score (nSPS) is 14.4. The van der Waals surface area contributed by atoms with Crippen LogP contribution in [0, 0.1) is 5.92 Å². The van der Waals surface area contributed by atoms with Gasteiger partial charge in [0.05, 0.1) is 24.0 Å². The lowest BCUT2D eigenvalue weighted by Gasteiger charge is -2.31. The van der Waals surface area contributed by atoms with Crippen molar-refractivity contribution in [2.75, 3.05) is 18.1 Å². The Bertz CT molecular complexity index is 1190. The number of carboxylic acids is 1. The lowest BCUT2D eigenvalue weighted by molar-refractivity contribution is -0.167. The third-order valence-corrected chi connectivity index (χ3v) is 10.2. The minimum atomic E-state index is -3.04. The van der Waals surface area contributed by atoms with Gasteiger partial charge in [-0.05, 0) is 56.2 Å². The molecule has 0 fully saturated rings. The molecule has 1 aromatic rings. The number of primary amides is 1. The van der Waals surface area contributed by atoms with Crippen LogP contribution < -0.4 is 15.8 Å². The maximum atomic E-state index is 13.5. The van der Waals surface area contributed by atoms with E-state index >= 15 is 0 Å². The molecular weight excluding hydrogens is 620 g/mol. The van der Waals surface area contributed by atoms with Crippen molar-refractivity contribution in [1.29, 1.82) is 0 Å². The molecule has 0 unspecified atom stereocenters. The molecule has 268 valence electrons. The van der Waals surface area contributed by atoms with E-state index < -0.39 is 45.2 Å². The number of nitrogens with one attached hydrogen (secondary N) is 1. The number of carbonyl (C=O) groups excluding carboxylic acids is 2. The number of carboxylic acid groups (broad SMARTS) is 1. The molecule has 0 aliphatic heterocycles. The molecule has 0 saturated carbocycles. The van der Waals surface area contributed by atoms with Crippen molar-refractivity contribution < 1.29 is 37.8 Å². The van der Waals surface area contributed by atoms with Gasteiger partial charge in [0.2, 0.25) is 11.8 Å². The molecule has 0 bridgehead atoms. The minimum Gasteiger partial charge on any atom is -0.494 e. The number of aliphatic hydroxyl groups is 1. The smallest absolute Gasteiger partial charge is 0.336 e. The summed E-state index contributed by atoms with van der Waals surface area (Å²) in [6.07, 6.45) is 14.3. The van der Waals surface area contributed by atoms with Crippen LogP contribution in [-0.2, 0) is 30.6 Å². The molecule has 10 nitrogen and oxygen atoms in total. The van der Waals surface area contributed by atoms with Crippen molar-refractivity contribution in [3.8, 4) is 5.75 Å². The van der Waals surface area contributed by atoms with Crippen LogP contribution in [0.3, 0.4) is 0 Å². The number of ether oxygens (including phenoxy) is 1. The van der Waals surface area contributed by atoms with Crippen LogP contribution in [0.4, 0.5) is 0 Å². The maximum Gasteiger partial charge on any atom is 0.336 e. The predicted molar refractivity (Wildman–Crippen MR) is 187 cm³/mol. The highest BCUT2D eigenvalue weighted by Crippen LogP contribution is 2.27. The van der Waals surface area contributed by atoms with E-state index in [2.05, 4.69) is 19.2 Å². The molecular formula is C36H60N2O8S. The fourth-order valence-corrected chi connectivity index (χ4v) is 6.77. The zero-order valence-corrected chi connectivity index (χ0v) is 29.7. The topological polar surface area (TPSA) is 173 Å². The van der Waals surface area contributed by atoms with Gasteiger partial charge in [-0.1, -0.05) is 103 Å². The average Bonchev–Trinajstić information content (AvgIpc) is 3.03. The number of aliphatic carboxylic acids is 1. The van der Waals surface area contributed by atoms with Crippen molar-refractivity contribution in [3.05, 3.63) is 42.0 Å². The quantitative estimate of drug-likeness (QED) is 0.0626. The van der Waals surface area contributed by atoms with Gasteiger partial charge < -0.3 is 26.0 Å². The standard InChI is InChI=1S/C36H60N2O8S/c1-4-7-10-14-17-26-47(44,45)27-18-15-12-11-13-16-19-31(36(43,35(41)42)24-8-5-2)34(40)38-32(33(37)39)28-29-20-22-30(23-21-29)46-25-9-6-3/h16,19-23,31-32,43H,4-15,17-18,24-28H2,1-3H3,(H2,37,39)(H,38,40)(H,41,42)/t31-,32+,36+/m1/s1. The number of hydrogen-bond acceptors (Lipinski definition) is 7. The summed E-state index contributed by atoms with van der Waals surface area (Å²) in [5.41, 5.74) is 3.98. The molecule has 3 atom stereocenters. The van der Waals surface area contributed by atoms with Gasteiger partial charge in [0.25, 0.3) is 0 Å².